The molecule has 8 nitrogen and oxygen atoms in total. The minimum absolute atomic E-state index is 0.151. The third-order valence-electron chi connectivity index (χ3n) is 6.74. The average molecular weight is 719 g/mol. The van der Waals surface area contributed by atoms with Gasteiger partial charge in [0.1, 0.15) is 36.9 Å². The van der Waals surface area contributed by atoms with Crippen LogP contribution in [0.15, 0.2) is 153 Å². The summed E-state index contributed by atoms with van der Waals surface area (Å²) in [7, 11) is -3.78. The summed E-state index contributed by atoms with van der Waals surface area (Å²) in [6, 6.07) is 31.6. The molecule has 0 fully saturated rings. The minimum atomic E-state index is -3.78. The predicted octanol–water partition coefficient (Wildman–Crippen LogP) is 7.84. The molecule has 2 unspecified atom stereocenters. The van der Waals surface area contributed by atoms with E-state index in [1.165, 1.54) is 23.5 Å². The maximum absolute atomic E-state index is 13.4. The Balaban J connectivity index is 1.35. The molecule has 0 radical (unpaired) electrons. The van der Waals surface area contributed by atoms with E-state index >= 15 is 0 Å². The first-order chi connectivity index (χ1) is 23.5. The highest BCUT2D eigenvalue weighted by atomic mass is 32.2. The fourth-order valence-corrected chi connectivity index (χ4v) is 7.10. The van der Waals surface area contributed by atoms with Gasteiger partial charge in [-0.15, -0.1) is 23.5 Å². The van der Waals surface area contributed by atoms with Gasteiger partial charge in [-0.25, -0.2) is 18.0 Å². The minimum Gasteiger partial charge on any atom is -0.490 e. The molecule has 0 aliphatic heterocycles. The lowest BCUT2D eigenvalue weighted by Gasteiger charge is -2.18. The molecular formula is C38H38O8S3. The number of benzene rings is 4. The Kier molecular flexibility index (Phi) is 14.0. The van der Waals surface area contributed by atoms with E-state index in [9.17, 15) is 18.0 Å². The smallest absolute Gasteiger partial charge is 0.333 e. The molecule has 0 aliphatic rings. The van der Waals surface area contributed by atoms with Gasteiger partial charge in [-0.2, -0.15) is 0 Å². The number of para-hydroxylation sites is 2. The first-order valence-electron chi connectivity index (χ1n) is 15.3. The van der Waals surface area contributed by atoms with Crippen molar-refractivity contribution in [3.05, 3.63) is 133 Å². The van der Waals surface area contributed by atoms with Gasteiger partial charge in [0, 0.05) is 32.4 Å². The molecule has 0 saturated heterocycles. The zero-order valence-electron chi connectivity index (χ0n) is 27.3. The highest BCUT2D eigenvalue weighted by Crippen LogP contribution is 2.28. The monoisotopic (exact) mass is 718 g/mol. The number of ether oxygens (including phenoxy) is 4. The van der Waals surface area contributed by atoms with Gasteiger partial charge in [-0.1, -0.05) is 49.6 Å². The molecule has 0 N–H and O–H groups in total. The van der Waals surface area contributed by atoms with Crippen LogP contribution in [0.4, 0.5) is 0 Å². The van der Waals surface area contributed by atoms with Gasteiger partial charge in [-0.05, 0) is 86.6 Å². The van der Waals surface area contributed by atoms with Crippen molar-refractivity contribution >= 4 is 45.3 Å². The van der Waals surface area contributed by atoms with Crippen LogP contribution < -0.4 is 9.47 Å². The van der Waals surface area contributed by atoms with Crippen LogP contribution in [0.1, 0.15) is 13.8 Å². The van der Waals surface area contributed by atoms with E-state index in [-0.39, 0.29) is 34.2 Å². The van der Waals surface area contributed by atoms with Crippen LogP contribution in [0.3, 0.4) is 0 Å². The molecule has 4 aromatic carbocycles. The maximum atomic E-state index is 13.4. The second kappa shape index (κ2) is 18.4. The standard InChI is InChI=1S/C38H38O8S3/c1-27(2)37(39)45-31(23-43-29-11-7-5-8-12-29)25-47-33-15-19-35(20-16-33)49(41,42)36-21-17-34(18-22-36)48-26-32(46-38(40)28(3)4)24-44-30-13-9-6-10-14-30/h5-22,31-32H,1,3,23-26H2,2,4H3. The number of sulfone groups is 1. The molecule has 0 aromatic heterocycles. The van der Waals surface area contributed by atoms with Gasteiger partial charge in [0.05, 0.1) is 9.79 Å². The number of carbonyl (C=O) groups is 2. The summed E-state index contributed by atoms with van der Waals surface area (Å²) in [5.41, 5.74) is 0.579. The molecular weight excluding hydrogens is 681 g/mol. The Morgan fingerprint density at radius 1 is 0.592 bits per heavy atom. The topological polar surface area (TPSA) is 105 Å². The van der Waals surface area contributed by atoms with E-state index in [2.05, 4.69) is 13.2 Å². The molecule has 49 heavy (non-hydrogen) atoms. The normalized spacial score (nSPS) is 12.3. The fraction of sp³-hybridized carbons (Fsp3) is 0.211. The van der Waals surface area contributed by atoms with Crippen LogP contribution in [-0.2, 0) is 28.9 Å². The van der Waals surface area contributed by atoms with Crippen LogP contribution in [0.25, 0.3) is 0 Å². The quantitative estimate of drug-likeness (QED) is 0.0574. The largest absolute Gasteiger partial charge is 0.490 e. The third kappa shape index (κ3) is 11.9. The highest BCUT2D eigenvalue weighted by Gasteiger charge is 2.21. The average Bonchev–Trinajstić information content (AvgIpc) is 3.11. The zero-order chi connectivity index (χ0) is 35.2. The summed E-state index contributed by atoms with van der Waals surface area (Å²) in [4.78, 5) is 26.3. The lowest BCUT2D eigenvalue weighted by Crippen LogP contribution is -2.27. The van der Waals surface area contributed by atoms with Gasteiger partial charge in [0.15, 0.2) is 0 Å². The summed E-state index contributed by atoms with van der Waals surface area (Å²) >= 11 is 2.84. The van der Waals surface area contributed by atoms with Crippen molar-refractivity contribution in [1.82, 2.24) is 0 Å². The van der Waals surface area contributed by atoms with Crippen LogP contribution >= 0.6 is 23.5 Å². The highest BCUT2D eigenvalue weighted by molar-refractivity contribution is 7.99. The molecule has 256 valence electrons. The lowest BCUT2D eigenvalue weighted by molar-refractivity contribution is -0.145. The summed E-state index contributed by atoms with van der Waals surface area (Å²) < 4.78 is 49.6. The van der Waals surface area contributed by atoms with Crippen molar-refractivity contribution in [3.63, 3.8) is 0 Å². The second-order valence-corrected chi connectivity index (χ2v) is 15.1. The van der Waals surface area contributed by atoms with Crippen LogP contribution in [-0.4, -0.2) is 57.3 Å². The van der Waals surface area contributed by atoms with Crippen molar-refractivity contribution in [3.8, 4) is 11.5 Å². The Hall–Kier alpha value is -4.45. The SMILES string of the molecule is C=C(C)C(=O)OC(COc1ccccc1)CSc1ccc(S(=O)(=O)c2ccc(SCC(COc3ccccc3)OC(=O)C(=C)C)cc2)cc1. The summed E-state index contributed by atoms with van der Waals surface area (Å²) in [5.74, 6) is 1.09. The molecule has 0 amide bonds. The van der Waals surface area contributed by atoms with Crippen molar-refractivity contribution in [2.45, 2.75) is 45.6 Å². The third-order valence-corrected chi connectivity index (χ3v) is 10.8. The summed E-state index contributed by atoms with van der Waals surface area (Å²) in [6.45, 7) is 10.8. The summed E-state index contributed by atoms with van der Waals surface area (Å²) in [5, 5.41) is 0. The molecule has 11 heteroatoms. The number of thioether (sulfide) groups is 2. The molecule has 2 atom stereocenters. The van der Waals surface area contributed by atoms with Gasteiger partial charge in [0.2, 0.25) is 9.84 Å². The van der Waals surface area contributed by atoms with Gasteiger partial charge in [-0.3, -0.25) is 0 Å². The Morgan fingerprint density at radius 3 is 1.27 bits per heavy atom. The molecule has 0 heterocycles. The van der Waals surface area contributed by atoms with E-state index in [1.807, 2.05) is 60.7 Å². The van der Waals surface area contributed by atoms with Crippen molar-refractivity contribution in [2.24, 2.45) is 0 Å². The Labute approximate surface area is 296 Å². The van der Waals surface area contributed by atoms with E-state index in [0.29, 0.717) is 23.0 Å². The van der Waals surface area contributed by atoms with E-state index in [0.717, 1.165) is 9.79 Å². The first kappa shape index (κ1) is 37.4. The van der Waals surface area contributed by atoms with E-state index in [1.54, 1.807) is 62.4 Å². The Morgan fingerprint density at radius 2 is 0.939 bits per heavy atom. The van der Waals surface area contributed by atoms with E-state index < -0.39 is 34.0 Å². The summed E-state index contributed by atoms with van der Waals surface area (Å²) in [6.07, 6.45) is -1.11. The number of carbonyl (C=O) groups excluding carboxylic acids is 2. The predicted molar refractivity (Wildman–Crippen MR) is 193 cm³/mol. The van der Waals surface area contributed by atoms with Gasteiger partial charge in [0.25, 0.3) is 0 Å². The molecule has 4 rings (SSSR count). The molecule has 0 bridgehead atoms. The Bertz CT molecular complexity index is 1680. The second-order valence-electron chi connectivity index (χ2n) is 10.9. The molecule has 0 saturated carbocycles. The van der Waals surface area contributed by atoms with Crippen molar-refractivity contribution in [2.75, 3.05) is 24.7 Å². The maximum Gasteiger partial charge on any atom is 0.333 e. The van der Waals surface area contributed by atoms with Crippen LogP contribution in [0.2, 0.25) is 0 Å². The van der Waals surface area contributed by atoms with Gasteiger partial charge >= 0.3 is 11.9 Å². The van der Waals surface area contributed by atoms with Crippen molar-refractivity contribution in [1.29, 1.82) is 0 Å². The fourth-order valence-electron chi connectivity index (χ4n) is 4.09. The number of hydrogen-bond donors (Lipinski definition) is 0. The molecule has 0 aliphatic carbocycles. The number of hydrogen-bond acceptors (Lipinski definition) is 10. The molecule has 4 aromatic rings. The number of esters is 2. The van der Waals surface area contributed by atoms with Gasteiger partial charge < -0.3 is 18.9 Å². The number of rotatable bonds is 18. The first-order valence-corrected chi connectivity index (χ1v) is 18.8. The molecule has 0 spiro atoms. The van der Waals surface area contributed by atoms with Crippen LogP contribution in [0, 0.1) is 0 Å². The van der Waals surface area contributed by atoms with Crippen LogP contribution in [0.5, 0.6) is 11.5 Å². The lowest BCUT2D eigenvalue weighted by atomic mass is 10.3. The van der Waals surface area contributed by atoms with E-state index in [4.69, 9.17) is 18.9 Å². The van der Waals surface area contributed by atoms with Crippen molar-refractivity contribution < 1.29 is 37.0 Å². The zero-order valence-corrected chi connectivity index (χ0v) is 29.7.